The smallest absolute Gasteiger partial charge is 0.408 e. The Morgan fingerprint density at radius 3 is 2.54 bits per heavy atom. The summed E-state index contributed by atoms with van der Waals surface area (Å²) in [5.41, 5.74) is 0.129. The normalized spacial score (nSPS) is 11.5. The maximum Gasteiger partial charge on any atom is 0.408 e. The van der Waals surface area contributed by atoms with Gasteiger partial charge < -0.3 is 14.8 Å². The van der Waals surface area contributed by atoms with Crippen molar-refractivity contribution < 1.29 is 19.1 Å². The SMILES string of the molecule is CC(C)(C)OC(=O)N[C@@H](Cc1ccc(C#N)cn1)C(=O)OCC#N. The van der Waals surface area contributed by atoms with E-state index in [9.17, 15) is 9.59 Å². The Labute approximate surface area is 140 Å². The number of aromatic nitrogens is 1. The van der Waals surface area contributed by atoms with Gasteiger partial charge in [0, 0.05) is 18.3 Å². The summed E-state index contributed by atoms with van der Waals surface area (Å²) in [7, 11) is 0. The van der Waals surface area contributed by atoms with Crippen molar-refractivity contribution in [2.45, 2.75) is 38.8 Å². The predicted molar refractivity (Wildman–Crippen MR) is 82.4 cm³/mol. The Balaban J connectivity index is 2.84. The Hall–Kier alpha value is -3.13. The molecule has 1 aromatic rings. The molecule has 1 N–H and O–H groups in total. The second-order valence-corrected chi connectivity index (χ2v) is 5.82. The van der Waals surface area contributed by atoms with E-state index in [2.05, 4.69) is 10.3 Å². The molecule has 8 heteroatoms. The van der Waals surface area contributed by atoms with Crippen LogP contribution in [0.4, 0.5) is 4.79 Å². The van der Waals surface area contributed by atoms with E-state index in [1.807, 2.05) is 6.07 Å². The largest absolute Gasteiger partial charge is 0.449 e. The molecule has 8 nitrogen and oxygen atoms in total. The Morgan fingerprint density at radius 2 is 2.04 bits per heavy atom. The molecule has 0 aliphatic heterocycles. The highest BCUT2D eigenvalue weighted by Crippen LogP contribution is 2.09. The molecule has 0 fully saturated rings. The van der Waals surface area contributed by atoms with Crippen LogP contribution in [0.3, 0.4) is 0 Å². The number of rotatable bonds is 5. The molecule has 0 bridgehead atoms. The lowest BCUT2D eigenvalue weighted by Crippen LogP contribution is -2.45. The molecule has 24 heavy (non-hydrogen) atoms. The summed E-state index contributed by atoms with van der Waals surface area (Å²) >= 11 is 0. The van der Waals surface area contributed by atoms with Crippen LogP contribution >= 0.6 is 0 Å². The van der Waals surface area contributed by atoms with Crippen LogP contribution in [-0.2, 0) is 20.7 Å². The van der Waals surface area contributed by atoms with Gasteiger partial charge in [0.2, 0.25) is 0 Å². The zero-order valence-electron chi connectivity index (χ0n) is 13.7. The quantitative estimate of drug-likeness (QED) is 0.810. The van der Waals surface area contributed by atoms with Gasteiger partial charge >= 0.3 is 12.1 Å². The average molecular weight is 330 g/mol. The van der Waals surface area contributed by atoms with Crippen molar-refractivity contribution in [3.63, 3.8) is 0 Å². The van der Waals surface area contributed by atoms with E-state index < -0.39 is 30.3 Å². The van der Waals surface area contributed by atoms with Crippen LogP contribution in [0.25, 0.3) is 0 Å². The molecular formula is C16H18N4O4. The molecule has 1 rings (SSSR count). The third kappa shape index (κ3) is 6.75. The van der Waals surface area contributed by atoms with Gasteiger partial charge in [-0.1, -0.05) is 0 Å². The van der Waals surface area contributed by atoms with Crippen LogP contribution in [0.2, 0.25) is 0 Å². The molecular weight excluding hydrogens is 312 g/mol. The van der Waals surface area contributed by atoms with Crippen LogP contribution in [0.1, 0.15) is 32.0 Å². The van der Waals surface area contributed by atoms with Crippen molar-refractivity contribution in [3.05, 3.63) is 29.6 Å². The lowest BCUT2D eigenvalue weighted by atomic mass is 10.1. The van der Waals surface area contributed by atoms with Crippen molar-refractivity contribution in [2.24, 2.45) is 0 Å². The van der Waals surface area contributed by atoms with E-state index >= 15 is 0 Å². The molecule has 0 aromatic carbocycles. The minimum Gasteiger partial charge on any atom is -0.449 e. The molecule has 0 aliphatic carbocycles. The highest BCUT2D eigenvalue weighted by molar-refractivity contribution is 5.81. The Kier molecular flexibility index (Phi) is 6.69. The number of alkyl carbamates (subject to hydrolysis) is 1. The topological polar surface area (TPSA) is 125 Å². The van der Waals surface area contributed by atoms with Crippen molar-refractivity contribution in [1.82, 2.24) is 10.3 Å². The van der Waals surface area contributed by atoms with E-state index in [1.165, 1.54) is 6.20 Å². The number of carbonyl (C=O) groups is 2. The molecule has 0 spiro atoms. The zero-order valence-corrected chi connectivity index (χ0v) is 13.7. The Morgan fingerprint density at radius 1 is 1.33 bits per heavy atom. The molecule has 0 unspecified atom stereocenters. The predicted octanol–water partition coefficient (Wildman–Crippen LogP) is 1.46. The zero-order chi connectivity index (χ0) is 18.2. The first-order chi connectivity index (χ1) is 11.2. The van der Waals surface area contributed by atoms with Crippen LogP contribution in [0.15, 0.2) is 18.3 Å². The summed E-state index contributed by atoms with van der Waals surface area (Å²) in [6, 6.07) is 5.68. The number of hydrogen-bond acceptors (Lipinski definition) is 7. The van der Waals surface area contributed by atoms with E-state index in [0.717, 1.165) is 0 Å². The number of nitrogens with one attached hydrogen (secondary N) is 1. The average Bonchev–Trinajstić information content (AvgIpc) is 2.50. The summed E-state index contributed by atoms with van der Waals surface area (Å²) < 4.78 is 9.86. The number of nitriles is 2. The standard InChI is InChI=1S/C16H18N4O4/c1-16(2,3)24-15(22)20-13(14(21)23-7-6-17)8-12-5-4-11(9-18)10-19-12/h4-5,10,13H,7-8H2,1-3H3,(H,20,22)/t13-/m0/s1. The molecule has 1 amide bonds. The van der Waals surface area contributed by atoms with E-state index in [-0.39, 0.29) is 6.42 Å². The second-order valence-electron chi connectivity index (χ2n) is 5.82. The van der Waals surface area contributed by atoms with Crippen molar-refractivity contribution in [3.8, 4) is 12.1 Å². The van der Waals surface area contributed by atoms with Crippen LogP contribution < -0.4 is 5.32 Å². The van der Waals surface area contributed by atoms with E-state index in [0.29, 0.717) is 11.3 Å². The lowest BCUT2D eigenvalue weighted by molar-refractivity contribution is -0.144. The van der Waals surface area contributed by atoms with Gasteiger partial charge in [-0.15, -0.1) is 0 Å². The molecule has 1 aromatic heterocycles. The maximum atomic E-state index is 12.0. The van der Waals surface area contributed by atoms with Gasteiger partial charge in [-0.05, 0) is 32.9 Å². The van der Waals surface area contributed by atoms with E-state index in [1.54, 1.807) is 39.0 Å². The van der Waals surface area contributed by atoms with Crippen LogP contribution in [0, 0.1) is 22.7 Å². The minimum absolute atomic E-state index is 0.0369. The second kappa shape index (κ2) is 8.49. The highest BCUT2D eigenvalue weighted by atomic mass is 16.6. The molecule has 0 radical (unpaired) electrons. The van der Waals surface area contributed by atoms with Gasteiger partial charge in [0.05, 0.1) is 5.56 Å². The number of carbonyl (C=O) groups excluding carboxylic acids is 2. The van der Waals surface area contributed by atoms with Gasteiger partial charge in [0.25, 0.3) is 0 Å². The summed E-state index contributed by atoms with van der Waals surface area (Å²) in [5, 5.41) is 19.7. The minimum atomic E-state index is -1.06. The van der Waals surface area contributed by atoms with Crippen molar-refractivity contribution in [2.75, 3.05) is 6.61 Å². The van der Waals surface area contributed by atoms with Crippen LogP contribution in [0.5, 0.6) is 0 Å². The molecule has 0 aliphatic rings. The third-order valence-electron chi connectivity index (χ3n) is 2.62. The maximum absolute atomic E-state index is 12.0. The fraction of sp³-hybridized carbons (Fsp3) is 0.438. The summed E-state index contributed by atoms with van der Waals surface area (Å²) in [6.45, 7) is 4.65. The fourth-order valence-electron chi connectivity index (χ4n) is 1.67. The molecule has 1 atom stereocenters. The molecule has 1 heterocycles. The first-order valence-corrected chi connectivity index (χ1v) is 7.13. The third-order valence-corrected chi connectivity index (χ3v) is 2.62. The Bertz CT molecular complexity index is 665. The lowest BCUT2D eigenvalue weighted by Gasteiger charge is -2.22. The first kappa shape index (κ1) is 18.9. The number of amides is 1. The van der Waals surface area contributed by atoms with Crippen molar-refractivity contribution >= 4 is 12.1 Å². The highest BCUT2D eigenvalue weighted by Gasteiger charge is 2.26. The summed E-state index contributed by atoms with van der Waals surface area (Å²) in [6.07, 6.45) is 0.616. The van der Waals surface area contributed by atoms with Gasteiger partial charge in [-0.3, -0.25) is 4.98 Å². The number of esters is 1. The van der Waals surface area contributed by atoms with Gasteiger partial charge in [-0.25, -0.2) is 9.59 Å². The monoisotopic (exact) mass is 330 g/mol. The summed E-state index contributed by atoms with van der Waals surface area (Å²) in [4.78, 5) is 27.9. The molecule has 0 saturated heterocycles. The van der Waals surface area contributed by atoms with Gasteiger partial charge in [0.1, 0.15) is 23.8 Å². The number of pyridine rings is 1. The number of nitrogens with zero attached hydrogens (tertiary/aromatic N) is 3. The van der Waals surface area contributed by atoms with Gasteiger partial charge in [0.15, 0.2) is 6.61 Å². The molecule has 126 valence electrons. The van der Waals surface area contributed by atoms with Crippen LogP contribution in [-0.4, -0.2) is 35.3 Å². The fourth-order valence-corrected chi connectivity index (χ4v) is 1.67. The van der Waals surface area contributed by atoms with E-state index in [4.69, 9.17) is 20.0 Å². The molecule has 0 saturated carbocycles. The number of hydrogen-bond donors (Lipinski definition) is 1. The van der Waals surface area contributed by atoms with Gasteiger partial charge in [-0.2, -0.15) is 10.5 Å². The summed E-state index contributed by atoms with van der Waals surface area (Å²) in [5.74, 6) is -0.770. The first-order valence-electron chi connectivity index (χ1n) is 7.13. The van der Waals surface area contributed by atoms with Crippen molar-refractivity contribution in [1.29, 1.82) is 10.5 Å². The number of ether oxygens (including phenoxy) is 2.